The molecule has 2 aliphatic heterocycles. The molecule has 2 heterocycles. The number of urea groups is 1. The van der Waals surface area contributed by atoms with E-state index in [0.29, 0.717) is 18.9 Å². The number of allylic oxidation sites excluding steroid dienone is 2. The molecule has 5 rings (SSSR count). The van der Waals surface area contributed by atoms with Crippen molar-refractivity contribution in [1.29, 1.82) is 0 Å². The first-order chi connectivity index (χ1) is 16.3. The molecule has 1 aliphatic carbocycles. The molecule has 0 fully saturated rings. The number of carbonyl (C=O) groups is 2. The number of rotatable bonds is 5. The second kappa shape index (κ2) is 8.33. The standard InChI is InChI=1S/C27H29N5O2/c1-16-14-22-27(4,15-17(16)2)31-23-24(29-26(34)30-25(23)33)32(22)13-12-28-18(3)20-11-7-9-19-8-5-6-10-21(19)20/h5-11,14,18,28H,12-13,15H2,1-4H3,(H,30,33,34). The Morgan fingerprint density at radius 1 is 1.15 bits per heavy atom. The summed E-state index contributed by atoms with van der Waals surface area (Å²) in [5, 5.41) is 8.34. The summed E-state index contributed by atoms with van der Waals surface area (Å²) in [7, 11) is 0. The van der Waals surface area contributed by atoms with Gasteiger partial charge in [0.15, 0.2) is 11.5 Å². The van der Waals surface area contributed by atoms with Gasteiger partial charge < -0.3 is 10.2 Å². The molecule has 0 bridgehead atoms. The largest absolute Gasteiger partial charge is 0.349 e. The minimum atomic E-state index is -0.649. The fourth-order valence-electron chi connectivity index (χ4n) is 5.14. The molecule has 3 amide bonds. The van der Waals surface area contributed by atoms with Gasteiger partial charge in [0.05, 0.1) is 0 Å². The van der Waals surface area contributed by atoms with Crippen LogP contribution in [0, 0.1) is 0 Å². The van der Waals surface area contributed by atoms with Gasteiger partial charge >= 0.3 is 6.03 Å². The summed E-state index contributed by atoms with van der Waals surface area (Å²) in [5.41, 5.74) is 4.29. The minimum Gasteiger partial charge on any atom is -0.324 e. The first-order valence-corrected chi connectivity index (χ1v) is 11.7. The number of nitrogens with zero attached hydrogens (tertiary/aromatic N) is 3. The lowest BCUT2D eigenvalue weighted by atomic mass is 9.80. The number of hydrogen-bond acceptors (Lipinski definition) is 5. The Kier molecular flexibility index (Phi) is 5.44. The second-order valence-corrected chi connectivity index (χ2v) is 9.49. The van der Waals surface area contributed by atoms with Gasteiger partial charge in [-0.2, -0.15) is 4.99 Å². The normalized spacial score (nSPS) is 23.1. The molecule has 0 aromatic heterocycles. The van der Waals surface area contributed by atoms with Crippen LogP contribution in [0.3, 0.4) is 0 Å². The van der Waals surface area contributed by atoms with E-state index in [1.165, 1.54) is 27.5 Å². The fourth-order valence-corrected chi connectivity index (χ4v) is 5.14. The quantitative estimate of drug-likeness (QED) is 0.705. The lowest BCUT2D eigenvalue weighted by Gasteiger charge is -2.45. The lowest BCUT2D eigenvalue weighted by Crippen LogP contribution is -2.58. The summed E-state index contributed by atoms with van der Waals surface area (Å²) in [6.45, 7) is 9.57. The zero-order chi connectivity index (χ0) is 24.0. The van der Waals surface area contributed by atoms with E-state index in [1.807, 2.05) is 11.8 Å². The predicted molar refractivity (Wildman–Crippen MR) is 135 cm³/mol. The van der Waals surface area contributed by atoms with Crippen LogP contribution in [0.2, 0.25) is 0 Å². The number of fused-ring (bicyclic) bond motifs is 3. The summed E-state index contributed by atoms with van der Waals surface area (Å²) in [5.74, 6) is -0.147. The molecule has 7 nitrogen and oxygen atoms in total. The Hall–Kier alpha value is -3.58. The van der Waals surface area contributed by atoms with Crippen LogP contribution in [-0.4, -0.2) is 47.0 Å². The van der Waals surface area contributed by atoms with Gasteiger partial charge in [-0.05, 0) is 56.5 Å². The number of amides is 3. The molecule has 2 aromatic carbocycles. The third-order valence-corrected chi connectivity index (χ3v) is 7.02. The van der Waals surface area contributed by atoms with Crippen LogP contribution in [0.5, 0.6) is 0 Å². The van der Waals surface area contributed by atoms with Gasteiger partial charge in [0.25, 0.3) is 5.91 Å². The van der Waals surface area contributed by atoms with Crippen LogP contribution in [0.4, 0.5) is 4.79 Å². The number of hydrogen-bond donors (Lipinski definition) is 2. The van der Waals surface area contributed by atoms with Gasteiger partial charge in [0.1, 0.15) is 5.54 Å². The third-order valence-electron chi connectivity index (χ3n) is 7.02. The Balaban J connectivity index is 1.43. The Morgan fingerprint density at radius 3 is 2.74 bits per heavy atom. The highest BCUT2D eigenvalue weighted by Gasteiger charge is 2.45. The van der Waals surface area contributed by atoms with Crippen molar-refractivity contribution < 1.29 is 9.59 Å². The fraction of sp³-hybridized carbons (Fsp3) is 0.333. The van der Waals surface area contributed by atoms with Crippen LogP contribution < -0.4 is 10.6 Å². The highest BCUT2D eigenvalue weighted by atomic mass is 16.2. The maximum absolute atomic E-state index is 12.6. The van der Waals surface area contributed by atoms with Crippen molar-refractivity contribution in [2.75, 3.05) is 13.1 Å². The zero-order valence-corrected chi connectivity index (χ0v) is 20.0. The topological polar surface area (TPSA) is 86.2 Å². The van der Waals surface area contributed by atoms with Crippen molar-refractivity contribution >= 4 is 34.3 Å². The molecule has 0 radical (unpaired) electrons. The molecule has 174 valence electrons. The molecule has 0 saturated heterocycles. The number of benzene rings is 2. The molecule has 3 aliphatic rings. The van der Waals surface area contributed by atoms with Crippen molar-refractivity contribution in [3.05, 3.63) is 70.9 Å². The first kappa shape index (κ1) is 22.2. The van der Waals surface area contributed by atoms with Gasteiger partial charge in [-0.3, -0.25) is 15.1 Å². The zero-order valence-electron chi connectivity index (χ0n) is 20.0. The van der Waals surface area contributed by atoms with Crippen molar-refractivity contribution in [1.82, 2.24) is 15.5 Å². The average Bonchev–Trinajstić information content (AvgIpc) is 2.80. The number of carbonyl (C=O) groups excluding carboxylic acids is 2. The minimum absolute atomic E-state index is 0.123. The van der Waals surface area contributed by atoms with E-state index in [4.69, 9.17) is 4.99 Å². The maximum Gasteiger partial charge on any atom is 0.349 e. The van der Waals surface area contributed by atoms with E-state index < -0.39 is 17.5 Å². The van der Waals surface area contributed by atoms with E-state index in [0.717, 1.165) is 12.1 Å². The van der Waals surface area contributed by atoms with E-state index in [2.05, 4.69) is 84.9 Å². The highest BCUT2D eigenvalue weighted by molar-refractivity contribution is 6.69. The number of aliphatic imine (C=N–C) groups is 2. The molecule has 2 N–H and O–H groups in total. The molecule has 0 saturated carbocycles. The average molecular weight is 456 g/mol. The molecule has 2 atom stereocenters. The molecule has 7 heteroatoms. The van der Waals surface area contributed by atoms with Crippen molar-refractivity contribution in [2.45, 2.75) is 45.7 Å². The number of amidine groups is 1. The molecule has 0 spiro atoms. The Labute approximate surface area is 199 Å². The van der Waals surface area contributed by atoms with Crippen molar-refractivity contribution in [3.63, 3.8) is 0 Å². The van der Waals surface area contributed by atoms with E-state index in [-0.39, 0.29) is 11.8 Å². The van der Waals surface area contributed by atoms with Crippen LogP contribution in [0.1, 0.15) is 45.7 Å². The maximum atomic E-state index is 12.6. The molecule has 2 unspecified atom stereocenters. The number of nitrogens with one attached hydrogen (secondary N) is 2. The van der Waals surface area contributed by atoms with Crippen LogP contribution in [0.25, 0.3) is 10.8 Å². The van der Waals surface area contributed by atoms with Crippen molar-refractivity contribution in [2.24, 2.45) is 9.98 Å². The van der Waals surface area contributed by atoms with Gasteiger partial charge in [0.2, 0.25) is 0 Å². The van der Waals surface area contributed by atoms with Gasteiger partial charge in [-0.1, -0.05) is 53.6 Å². The van der Waals surface area contributed by atoms with Crippen LogP contribution in [0.15, 0.2) is 75.4 Å². The van der Waals surface area contributed by atoms with E-state index in [9.17, 15) is 9.59 Å². The van der Waals surface area contributed by atoms with Gasteiger partial charge in [-0.25, -0.2) is 4.79 Å². The van der Waals surface area contributed by atoms with Crippen LogP contribution in [-0.2, 0) is 4.79 Å². The second-order valence-electron chi connectivity index (χ2n) is 9.49. The lowest BCUT2D eigenvalue weighted by molar-refractivity contribution is -0.113. The third kappa shape index (κ3) is 3.76. The van der Waals surface area contributed by atoms with E-state index in [1.54, 1.807) is 0 Å². The van der Waals surface area contributed by atoms with Crippen molar-refractivity contribution in [3.8, 4) is 0 Å². The Morgan fingerprint density at radius 2 is 1.91 bits per heavy atom. The predicted octanol–water partition coefficient (Wildman–Crippen LogP) is 4.28. The summed E-state index contributed by atoms with van der Waals surface area (Å²) in [6, 6.07) is 14.2. The summed E-state index contributed by atoms with van der Waals surface area (Å²) in [6.07, 6.45) is 2.84. The summed E-state index contributed by atoms with van der Waals surface area (Å²) < 4.78 is 0. The smallest absolute Gasteiger partial charge is 0.324 e. The SMILES string of the molecule is CC1=C(C)CC2(C)N=C3C(=O)NC(=O)N=C3N(CCNC(C)c3cccc4ccccc34)C2=C1. The van der Waals surface area contributed by atoms with E-state index >= 15 is 0 Å². The van der Waals surface area contributed by atoms with Crippen LogP contribution >= 0.6 is 0 Å². The molecule has 2 aromatic rings. The van der Waals surface area contributed by atoms with Gasteiger partial charge in [0, 0.05) is 24.8 Å². The Bertz CT molecular complexity index is 1330. The number of imide groups is 1. The summed E-state index contributed by atoms with van der Waals surface area (Å²) >= 11 is 0. The highest BCUT2D eigenvalue weighted by Crippen LogP contribution is 2.40. The molecule has 34 heavy (non-hydrogen) atoms. The first-order valence-electron chi connectivity index (χ1n) is 11.7. The summed E-state index contributed by atoms with van der Waals surface area (Å²) in [4.78, 5) is 35.6. The molecular weight excluding hydrogens is 426 g/mol. The molecular formula is C27H29N5O2. The monoisotopic (exact) mass is 455 g/mol. The van der Waals surface area contributed by atoms with Gasteiger partial charge in [-0.15, -0.1) is 0 Å².